The molecule has 0 aliphatic carbocycles. The third kappa shape index (κ3) is 8.95. The summed E-state index contributed by atoms with van der Waals surface area (Å²) in [6, 6.07) is 0. The summed E-state index contributed by atoms with van der Waals surface area (Å²) in [4.78, 5) is 0. The number of rotatable bonds is 0. The molecule has 0 aliphatic heterocycles. The molecule has 0 atom stereocenters. The molecule has 2 radical (unpaired) electrons. The molecule has 4 heteroatoms. The summed E-state index contributed by atoms with van der Waals surface area (Å²) in [5.41, 5.74) is 0. The molecule has 0 unspecified atom stereocenters. The minimum Gasteiger partial charge on any atom is 6.00 e. The van der Waals surface area contributed by atoms with E-state index in [1.165, 1.54) is 0 Å². The molecule has 0 rings (SSSR count). The molecule has 0 aromatic heterocycles. The van der Waals surface area contributed by atoms with Crippen LogP contribution in [0.25, 0.3) is 0 Å². The van der Waals surface area contributed by atoms with Crippen molar-refractivity contribution >= 4 is 36.7 Å². The fraction of sp³-hybridized carbons (Fsp3) is 0. The SMILES string of the molecule is [Cl][Sn][Cl].[Pt+6]. The van der Waals surface area contributed by atoms with Crippen LogP contribution >= 0.6 is 17.8 Å². The van der Waals surface area contributed by atoms with Gasteiger partial charge in [0.15, 0.2) is 0 Å². The number of hydrogen-bond acceptors (Lipinski definition) is 0. The van der Waals surface area contributed by atoms with E-state index < -0.39 is 18.9 Å². The Bertz CT molecular complexity index is 6.00. The largest absolute Gasteiger partial charge is 6.00 e. The van der Waals surface area contributed by atoms with Crippen LogP contribution in [0.5, 0.6) is 0 Å². The maximum atomic E-state index is 4.93. The van der Waals surface area contributed by atoms with E-state index in [1.807, 2.05) is 0 Å². The number of halogens is 2. The second-order valence-corrected chi connectivity index (χ2v) is 4.31. The molecule has 0 nitrogen and oxygen atoms in total. The molecular formula is Cl2PtSn+6. The summed E-state index contributed by atoms with van der Waals surface area (Å²) in [6.45, 7) is 0. The minimum atomic E-state index is -0.826. The second kappa shape index (κ2) is 8.91. The van der Waals surface area contributed by atoms with Crippen LogP contribution in [-0.4, -0.2) is 18.9 Å². The van der Waals surface area contributed by atoms with Gasteiger partial charge in [0.2, 0.25) is 0 Å². The van der Waals surface area contributed by atoms with E-state index in [0.717, 1.165) is 0 Å². The predicted molar refractivity (Wildman–Crippen MR) is 17.5 cm³/mol. The van der Waals surface area contributed by atoms with Crippen LogP contribution in [-0.2, 0) is 21.1 Å². The van der Waals surface area contributed by atoms with Crippen molar-refractivity contribution < 1.29 is 21.1 Å². The minimum absolute atomic E-state index is 0. The molecule has 0 saturated carbocycles. The van der Waals surface area contributed by atoms with Gasteiger partial charge in [0.1, 0.15) is 0 Å². The Morgan fingerprint density at radius 3 is 1.25 bits per heavy atom. The van der Waals surface area contributed by atoms with Gasteiger partial charge in [0.25, 0.3) is 0 Å². The van der Waals surface area contributed by atoms with Gasteiger partial charge in [-0.3, -0.25) is 0 Å². The van der Waals surface area contributed by atoms with Crippen molar-refractivity contribution in [1.29, 1.82) is 0 Å². The molecular weight excluding hydrogens is 385 g/mol. The van der Waals surface area contributed by atoms with E-state index in [2.05, 4.69) is 0 Å². The Morgan fingerprint density at radius 2 is 1.25 bits per heavy atom. The fourth-order valence-electron chi connectivity index (χ4n) is 0. The molecule has 0 aromatic carbocycles. The summed E-state index contributed by atoms with van der Waals surface area (Å²) in [6.07, 6.45) is 0. The van der Waals surface area contributed by atoms with Crippen LogP contribution in [0.4, 0.5) is 0 Å². The van der Waals surface area contributed by atoms with E-state index in [4.69, 9.17) is 17.8 Å². The van der Waals surface area contributed by atoms with Crippen molar-refractivity contribution in [2.75, 3.05) is 0 Å². The maximum absolute atomic E-state index is 4.93. The second-order valence-electron chi connectivity index (χ2n) is 0.0714. The van der Waals surface area contributed by atoms with Crippen molar-refractivity contribution in [3.8, 4) is 0 Å². The molecule has 22 valence electrons. The van der Waals surface area contributed by atoms with E-state index in [9.17, 15) is 0 Å². The maximum Gasteiger partial charge on any atom is 6.00 e. The third-order valence-electron chi connectivity index (χ3n) is 0. The van der Waals surface area contributed by atoms with Crippen molar-refractivity contribution in [1.82, 2.24) is 0 Å². The van der Waals surface area contributed by atoms with Gasteiger partial charge in [-0.25, -0.2) is 0 Å². The van der Waals surface area contributed by atoms with Gasteiger partial charge in [0, 0.05) is 0 Å². The van der Waals surface area contributed by atoms with Crippen molar-refractivity contribution in [2.45, 2.75) is 0 Å². The molecule has 0 spiro atoms. The van der Waals surface area contributed by atoms with E-state index in [-0.39, 0.29) is 21.1 Å². The molecule has 4 heavy (non-hydrogen) atoms. The van der Waals surface area contributed by atoms with Gasteiger partial charge in [0.05, 0.1) is 0 Å². The van der Waals surface area contributed by atoms with Gasteiger partial charge in [-0.15, -0.1) is 0 Å². The molecule has 0 heterocycles. The Balaban J connectivity index is 0. The van der Waals surface area contributed by atoms with Crippen molar-refractivity contribution in [3.63, 3.8) is 0 Å². The molecule has 0 fully saturated rings. The van der Waals surface area contributed by atoms with Crippen molar-refractivity contribution in [2.24, 2.45) is 0 Å². The Hall–Kier alpha value is 2.07. The van der Waals surface area contributed by atoms with Crippen LogP contribution in [0.1, 0.15) is 0 Å². The zero-order valence-corrected chi connectivity index (χ0v) is 8.21. The first-order chi connectivity index (χ1) is 1.41. The number of hydrogen-bond donors (Lipinski definition) is 0. The quantitative estimate of drug-likeness (QED) is 0.547. The zero-order valence-electron chi connectivity index (χ0n) is 1.57. The van der Waals surface area contributed by atoms with Gasteiger partial charge in [-0.2, -0.15) is 0 Å². The Kier molecular flexibility index (Phi) is 21.0. The summed E-state index contributed by atoms with van der Waals surface area (Å²) < 4.78 is 0. The smallest absolute Gasteiger partial charge is 6.00 e. The zero-order chi connectivity index (χ0) is 2.71. The van der Waals surface area contributed by atoms with E-state index in [0.29, 0.717) is 0 Å². The predicted octanol–water partition coefficient (Wildman–Crippen LogP) is 0.996. The van der Waals surface area contributed by atoms with Gasteiger partial charge >= 0.3 is 57.8 Å². The van der Waals surface area contributed by atoms with E-state index >= 15 is 0 Å². The topological polar surface area (TPSA) is 0 Å². The first-order valence-corrected chi connectivity index (χ1v) is 7.61. The molecule has 0 saturated heterocycles. The van der Waals surface area contributed by atoms with Crippen LogP contribution < -0.4 is 0 Å². The van der Waals surface area contributed by atoms with Crippen LogP contribution in [0.3, 0.4) is 0 Å². The van der Waals surface area contributed by atoms with E-state index in [1.54, 1.807) is 0 Å². The normalized spacial score (nSPS) is 4.50. The monoisotopic (exact) mass is 385 g/mol. The van der Waals surface area contributed by atoms with Gasteiger partial charge in [-0.05, 0) is 0 Å². The third-order valence-corrected chi connectivity index (χ3v) is 0. The first kappa shape index (κ1) is 9.42. The van der Waals surface area contributed by atoms with Crippen LogP contribution in [0, 0.1) is 0 Å². The summed E-state index contributed by atoms with van der Waals surface area (Å²) >= 11 is -0.826. The molecule has 0 N–H and O–H groups in total. The van der Waals surface area contributed by atoms with Crippen LogP contribution in [0.2, 0.25) is 0 Å². The fourth-order valence-corrected chi connectivity index (χ4v) is 0. The van der Waals surface area contributed by atoms with Gasteiger partial charge < -0.3 is 0 Å². The average molecular weight is 385 g/mol. The Morgan fingerprint density at radius 1 is 1.25 bits per heavy atom. The molecule has 0 aliphatic rings. The van der Waals surface area contributed by atoms with Gasteiger partial charge in [-0.1, -0.05) is 0 Å². The standard InChI is InChI=1S/2ClH.Pt.Sn/h2*1H;;/q;;+6;+2/p-2. The molecule has 0 aromatic rings. The average Bonchev–Trinajstić information content (AvgIpc) is 0.918. The van der Waals surface area contributed by atoms with Crippen LogP contribution in [0.15, 0.2) is 0 Å². The first-order valence-electron chi connectivity index (χ1n) is 0.378. The molecule has 0 bridgehead atoms. The Labute approximate surface area is 57.2 Å². The van der Waals surface area contributed by atoms with Crippen molar-refractivity contribution in [3.05, 3.63) is 0 Å². The molecule has 0 amide bonds. The summed E-state index contributed by atoms with van der Waals surface area (Å²) in [5, 5.41) is 0. The summed E-state index contributed by atoms with van der Waals surface area (Å²) in [5.74, 6) is 0. The summed E-state index contributed by atoms with van der Waals surface area (Å²) in [7, 11) is 9.87.